The molecule has 0 radical (unpaired) electrons. The molecule has 5 nitrogen and oxygen atoms in total. The summed E-state index contributed by atoms with van der Waals surface area (Å²) >= 11 is 3.21. The quantitative estimate of drug-likeness (QED) is 0.558. The van der Waals surface area contributed by atoms with Crippen LogP contribution in [0.1, 0.15) is 13.8 Å². The van der Waals surface area contributed by atoms with Gasteiger partial charge in [0.25, 0.3) is 0 Å². The molecular weight excluding hydrogens is 385 g/mol. The fourth-order valence-corrected chi connectivity index (χ4v) is 4.33. The summed E-state index contributed by atoms with van der Waals surface area (Å²) in [6, 6.07) is 2.73. The number of sulfonamides is 1. The zero-order valence-electron chi connectivity index (χ0n) is 12.1. The number of halogens is 2. The first kappa shape index (κ1) is 18.5. The average Bonchev–Trinajstić information content (AvgIpc) is 2.36. The number of sulfone groups is 1. The largest absolute Gasteiger partial charge is 0.246 e. The summed E-state index contributed by atoms with van der Waals surface area (Å²) in [5.74, 6) is -0.986. The van der Waals surface area contributed by atoms with Gasteiger partial charge >= 0.3 is 0 Å². The molecule has 0 atom stereocenters. The lowest BCUT2D eigenvalue weighted by atomic mass is 10.1. The van der Waals surface area contributed by atoms with Crippen molar-refractivity contribution < 1.29 is 21.2 Å². The number of hydrogen-bond acceptors (Lipinski definition) is 4. The molecule has 0 fully saturated rings. The van der Waals surface area contributed by atoms with Crippen molar-refractivity contribution >= 4 is 35.8 Å². The maximum atomic E-state index is 13.9. The van der Waals surface area contributed by atoms with Crippen LogP contribution in [0.15, 0.2) is 28.0 Å². The predicted molar refractivity (Wildman–Crippen MR) is 82.3 cm³/mol. The van der Waals surface area contributed by atoms with Crippen molar-refractivity contribution in [2.75, 3.05) is 18.6 Å². The van der Waals surface area contributed by atoms with Gasteiger partial charge in [-0.15, -0.1) is 0 Å². The number of hydrogen-bond donors (Lipinski definition) is 0. The van der Waals surface area contributed by atoms with Crippen LogP contribution < -0.4 is 0 Å². The van der Waals surface area contributed by atoms with Gasteiger partial charge in [-0.05, 0) is 32.0 Å². The molecule has 0 aromatic heterocycles. The van der Waals surface area contributed by atoms with Gasteiger partial charge in [0.15, 0.2) is 9.84 Å². The Morgan fingerprint density at radius 1 is 1.24 bits per heavy atom. The molecular formula is C12H17BrFNO4S2. The predicted octanol–water partition coefficient (Wildman–Crippen LogP) is 2.02. The van der Waals surface area contributed by atoms with E-state index in [1.165, 1.54) is 7.05 Å². The molecule has 0 aliphatic carbocycles. The third kappa shape index (κ3) is 3.82. The van der Waals surface area contributed by atoms with Crippen LogP contribution >= 0.6 is 15.9 Å². The van der Waals surface area contributed by atoms with Gasteiger partial charge in [-0.2, -0.15) is 4.31 Å². The van der Waals surface area contributed by atoms with Crippen molar-refractivity contribution in [1.29, 1.82) is 0 Å². The molecule has 0 N–H and O–H groups in total. The Kier molecular flexibility index (Phi) is 5.24. The fraction of sp³-hybridized carbons (Fsp3) is 0.500. The van der Waals surface area contributed by atoms with Crippen LogP contribution in [0.2, 0.25) is 0 Å². The minimum absolute atomic E-state index is 0.243. The molecule has 0 saturated carbocycles. The molecule has 0 aliphatic rings. The lowest BCUT2D eigenvalue weighted by molar-refractivity contribution is 0.298. The van der Waals surface area contributed by atoms with Crippen LogP contribution in [0, 0.1) is 5.82 Å². The van der Waals surface area contributed by atoms with Gasteiger partial charge in [-0.1, -0.05) is 15.9 Å². The summed E-state index contributed by atoms with van der Waals surface area (Å²) in [6.45, 7) is 3.33. The summed E-state index contributed by atoms with van der Waals surface area (Å²) in [7, 11) is -6.46. The van der Waals surface area contributed by atoms with Crippen molar-refractivity contribution in [2.45, 2.75) is 29.2 Å². The van der Waals surface area contributed by atoms with E-state index in [1.54, 1.807) is 13.8 Å². The van der Waals surface area contributed by atoms with Gasteiger partial charge < -0.3 is 0 Å². The van der Waals surface area contributed by atoms with Crippen LogP contribution in [0.4, 0.5) is 4.39 Å². The summed E-state index contributed by atoms with van der Waals surface area (Å²) in [5, 5.41) is 0.336. The van der Waals surface area contributed by atoms with E-state index in [-0.39, 0.29) is 4.90 Å². The molecule has 0 saturated heterocycles. The van der Waals surface area contributed by atoms with Crippen LogP contribution in [0.3, 0.4) is 0 Å². The molecule has 1 rings (SSSR count). The van der Waals surface area contributed by atoms with E-state index in [0.717, 1.165) is 28.8 Å². The minimum atomic E-state index is -4.16. The standard InChI is InChI=1S/C12H17BrFNO4S2/c1-12(2,8-13)15(3)21(18,19)11-7-9(20(4,16)17)5-6-10(11)14/h5-7H,8H2,1-4H3. The van der Waals surface area contributed by atoms with E-state index in [0.29, 0.717) is 5.33 Å². The van der Waals surface area contributed by atoms with Gasteiger partial charge in [-0.3, -0.25) is 0 Å². The van der Waals surface area contributed by atoms with Gasteiger partial charge in [-0.25, -0.2) is 21.2 Å². The number of nitrogens with zero attached hydrogens (tertiary/aromatic N) is 1. The van der Waals surface area contributed by atoms with E-state index in [9.17, 15) is 21.2 Å². The van der Waals surface area contributed by atoms with E-state index in [4.69, 9.17) is 0 Å². The summed E-state index contributed by atoms with van der Waals surface area (Å²) in [4.78, 5) is -0.894. The van der Waals surface area contributed by atoms with Gasteiger partial charge in [0, 0.05) is 24.2 Å². The smallest absolute Gasteiger partial charge is 0.224 e. The molecule has 1 aromatic rings. The second-order valence-corrected chi connectivity index (χ2v) is 9.80. The zero-order chi connectivity index (χ0) is 16.6. The zero-order valence-corrected chi connectivity index (χ0v) is 15.3. The molecule has 1 aromatic carbocycles. The lowest BCUT2D eigenvalue weighted by Crippen LogP contribution is -2.46. The Labute approximate surface area is 133 Å². The van der Waals surface area contributed by atoms with Crippen LogP contribution in [0.5, 0.6) is 0 Å². The molecule has 0 aliphatic heterocycles. The van der Waals surface area contributed by atoms with Gasteiger partial charge in [0.2, 0.25) is 10.0 Å². The monoisotopic (exact) mass is 401 g/mol. The SMILES string of the molecule is CN(C(C)(C)CBr)S(=O)(=O)c1cc(S(C)(=O)=O)ccc1F. The third-order valence-corrected chi connectivity index (χ3v) is 7.72. The van der Waals surface area contributed by atoms with Crippen molar-refractivity contribution in [1.82, 2.24) is 4.31 Å². The molecule has 0 spiro atoms. The highest BCUT2D eigenvalue weighted by molar-refractivity contribution is 9.09. The average molecular weight is 402 g/mol. The maximum absolute atomic E-state index is 13.9. The Morgan fingerprint density at radius 3 is 2.19 bits per heavy atom. The molecule has 0 bridgehead atoms. The fourth-order valence-electron chi connectivity index (χ4n) is 1.47. The first-order valence-corrected chi connectivity index (χ1v) is 10.3. The molecule has 0 heterocycles. The topological polar surface area (TPSA) is 71.5 Å². The van der Waals surface area contributed by atoms with Crippen molar-refractivity contribution in [3.63, 3.8) is 0 Å². The summed E-state index contributed by atoms with van der Waals surface area (Å²) < 4.78 is 62.9. The minimum Gasteiger partial charge on any atom is -0.224 e. The van der Waals surface area contributed by atoms with Crippen LogP contribution in [-0.2, 0) is 19.9 Å². The molecule has 9 heteroatoms. The van der Waals surface area contributed by atoms with Crippen LogP contribution in [-0.4, -0.2) is 45.3 Å². The number of benzene rings is 1. The Bertz CT molecular complexity index is 745. The highest BCUT2D eigenvalue weighted by atomic mass is 79.9. The van der Waals surface area contributed by atoms with Crippen LogP contribution in [0.25, 0.3) is 0 Å². The van der Waals surface area contributed by atoms with Gasteiger partial charge in [0.1, 0.15) is 10.7 Å². The first-order chi connectivity index (χ1) is 9.34. The Hall–Kier alpha value is -0.510. The maximum Gasteiger partial charge on any atom is 0.246 e. The lowest BCUT2D eigenvalue weighted by Gasteiger charge is -2.33. The summed E-state index contributed by atoms with van der Waals surface area (Å²) in [5.41, 5.74) is -0.799. The number of rotatable bonds is 5. The van der Waals surface area contributed by atoms with Crippen molar-refractivity contribution in [2.24, 2.45) is 0 Å². The first-order valence-electron chi connectivity index (χ1n) is 5.88. The van der Waals surface area contributed by atoms with Crippen molar-refractivity contribution in [3.05, 3.63) is 24.0 Å². The van der Waals surface area contributed by atoms with E-state index < -0.39 is 36.1 Å². The second kappa shape index (κ2) is 5.94. The van der Waals surface area contributed by atoms with Gasteiger partial charge in [0.05, 0.1) is 4.90 Å². The third-order valence-electron chi connectivity index (χ3n) is 3.15. The number of alkyl halides is 1. The second-order valence-electron chi connectivity index (χ2n) is 5.28. The van der Waals surface area contributed by atoms with E-state index in [2.05, 4.69) is 15.9 Å². The van der Waals surface area contributed by atoms with Crippen molar-refractivity contribution in [3.8, 4) is 0 Å². The Morgan fingerprint density at radius 2 is 1.76 bits per heavy atom. The normalized spacial score (nSPS) is 13.7. The highest BCUT2D eigenvalue weighted by Gasteiger charge is 2.35. The Balaban J connectivity index is 3.53. The van der Waals surface area contributed by atoms with E-state index >= 15 is 0 Å². The molecule has 120 valence electrons. The van der Waals surface area contributed by atoms with E-state index in [1.807, 2.05) is 0 Å². The molecule has 0 amide bonds. The molecule has 0 unspecified atom stereocenters. The summed E-state index contributed by atoms with van der Waals surface area (Å²) in [6.07, 6.45) is 0.933. The molecule has 21 heavy (non-hydrogen) atoms. The highest BCUT2D eigenvalue weighted by Crippen LogP contribution is 2.27.